The molecule has 0 aliphatic heterocycles. The van der Waals surface area contributed by atoms with Crippen LogP contribution in [0.2, 0.25) is 0 Å². The van der Waals surface area contributed by atoms with E-state index >= 15 is 0 Å². The lowest BCUT2D eigenvalue weighted by atomic mass is 9.90. The molecule has 0 radical (unpaired) electrons. The number of hydrogen-bond donors (Lipinski definition) is 2. The van der Waals surface area contributed by atoms with Crippen molar-refractivity contribution in [3.8, 4) is 0 Å². The van der Waals surface area contributed by atoms with Gasteiger partial charge in [-0.15, -0.1) is 0 Å². The van der Waals surface area contributed by atoms with Gasteiger partial charge in [-0.1, -0.05) is 30.3 Å². The van der Waals surface area contributed by atoms with Crippen molar-refractivity contribution in [1.29, 1.82) is 0 Å². The minimum Gasteiger partial charge on any atom is -0.481 e. The summed E-state index contributed by atoms with van der Waals surface area (Å²) in [6.45, 7) is 0.303. The van der Waals surface area contributed by atoms with Gasteiger partial charge in [0.05, 0.1) is 18.6 Å². The number of hydrogen-bond acceptors (Lipinski definition) is 4. The highest BCUT2D eigenvalue weighted by Crippen LogP contribution is 2.42. The monoisotopic (exact) mass is 307 g/mol. The number of nitrogens with one attached hydrogen (secondary N) is 1. The molecule has 0 saturated heterocycles. The normalized spacial score (nSPS) is 16.6. The highest BCUT2D eigenvalue weighted by atomic mass is 16.5. The Labute approximate surface area is 129 Å². The average molecular weight is 307 g/mol. The molecule has 0 spiro atoms. The Kier molecular flexibility index (Phi) is 5.38. The van der Waals surface area contributed by atoms with Crippen LogP contribution in [0.4, 0.5) is 4.79 Å². The molecule has 1 aromatic rings. The smallest absolute Gasteiger partial charge is 0.408 e. The highest BCUT2D eigenvalue weighted by molar-refractivity contribution is 5.73. The third-order valence-electron chi connectivity index (χ3n) is 3.79. The second-order valence-corrected chi connectivity index (χ2v) is 5.62. The second-order valence-electron chi connectivity index (χ2n) is 5.62. The lowest BCUT2D eigenvalue weighted by Crippen LogP contribution is -2.55. The quantitative estimate of drug-likeness (QED) is 0.769. The van der Waals surface area contributed by atoms with Crippen LogP contribution in [0.3, 0.4) is 0 Å². The fourth-order valence-electron chi connectivity index (χ4n) is 2.62. The number of rotatable bonds is 8. The fourth-order valence-corrected chi connectivity index (χ4v) is 2.62. The Morgan fingerprint density at radius 2 is 2.00 bits per heavy atom. The molecular weight excluding hydrogens is 286 g/mol. The van der Waals surface area contributed by atoms with Gasteiger partial charge in [0, 0.05) is 7.11 Å². The van der Waals surface area contributed by atoms with E-state index < -0.39 is 17.6 Å². The van der Waals surface area contributed by atoms with Crippen LogP contribution < -0.4 is 5.32 Å². The molecule has 0 bridgehead atoms. The molecule has 120 valence electrons. The van der Waals surface area contributed by atoms with E-state index in [1.54, 1.807) is 0 Å². The first-order valence-electron chi connectivity index (χ1n) is 7.25. The topological polar surface area (TPSA) is 84.9 Å². The first-order chi connectivity index (χ1) is 10.6. The number of carboxylic acid groups (broad SMARTS) is 1. The van der Waals surface area contributed by atoms with Crippen LogP contribution in [-0.2, 0) is 20.9 Å². The first-order valence-corrected chi connectivity index (χ1v) is 7.25. The van der Waals surface area contributed by atoms with Crippen molar-refractivity contribution in [1.82, 2.24) is 5.32 Å². The number of carbonyl (C=O) groups is 2. The van der Waals surface area contributed by atoms with Gasteiger partial charge in [-0.3, -0.25) is 4.79 Å². The molecule has 6 nitrogen and oxygen atoms in total. The molecular formula is C16H21NO5. The van der Waals surface area contributed by atoms with Crippen molar-refractivity contribution in [2.24, 2.45) is 5.92 Å². The number of methoxy groups -OCH3 is 1. The Bertz CT molecular complexity index is 515. The summed E-state index contributed by atoms with van der Waals surface area (Å²) in [5.74, 6) is -0.847. The first kappa shape index (κ1) is 16.3. The summed E-state index contributed by atoms with van der Waals surface area (Å²) in [5, 5.41) is 11.9. The average Bonchev–Trinajstić information content (AvgIpc) is 3.31. The van der Waals surface area contributed by atoms with Gasteiger partial charge in [0.25, 0.3) is 0 Å². The summed E-state index contributed by atoms with van der Waals surface area (Å²) in [4.78, 5) is 23.2. The Balaban J connectivity index is 1.96. The molecule has 1 fully saturated rings. The third kappa shape index (κ3) is 4.46. The SMILES string of the molecule is COCC(CC(=O)O)(NC(=O)OCc1ccccc1)C1CC1. The lowest BCUT2D eigenvalue weighted by Gasteiger charge is -2.32. The van der Waals surface area contributed by atoms with Crippen molar-refractivity contribution in [3.63, 3.8) is 0 Å². The van der Waals surface area contributed by atoms with E-state index in [0.29, 0.717) is 0 Å². The van der Waals surface area contributed by atoms with Crippen molar-refractivity contribution in [2.75, 3.05) is 13.7 Å². The summed E-state index contributed by atoms with van der Waals surface area (Å²) < 4.78 is 10.3. The summed E-state index contributed by atoms with van der Waals surface area (Å²) in [5.41, 5.74) is -0.0198. The standard InChI is InChI=1S/C16H21NO5/c1-21-11-16(9-14(18)19,13-7-8-13)17-15(20)22-10-12-5-3-2-4-6-12/h2-6,13H,7-11H2,1H3,(H,17,20)(H,18,19). The lowest BCUT2D eigenvalue weighted by molar-refractivity contribution is -0.139. The van der Waals surface area contributed by atoms with Gasteiger partial charge < -0.3 is 19.9 Å². The van der Waals surface area contributed by atoms with Crippen LogP contribution in [-0.4, -0.2) is 36.4 Å². The Hall–Kier alpha value is -2.08. The molecule has 1 saturated carbocycles. The minimum atomic E-state index is -0.965. The molecule has 0 heterocycles. The number of amides is 1. The predicted octanol–water partition coefficient (Wildman–Crippen LogP) is 2.18. The van der Waals surface area contributed by atoms with E-state index in [1.807, 2.05) is 30.3 Å². The van der Waals surface area contributed by atoms with Gasteiger partial charge >= 0.3 is 12.1 Å². The number of benzene rings is 1. The van der Waals surface area contributed by atoms with Crippen molar-refractivity contribution < 1.29 is 24.2 Å². The molecule has 1 aliphatic rings. The van der Waals surface area contributed by atoms with Gasteiger partial charge in [-0.2, -0.15) is 0 Å². The molecule has 22 heavy (non-hydrogen) atoms. The molecule has 2 rings (SSSR count). The van der Waals surface area contributed by atoms with Crippen LogP contribution in [0, 0.1) is 5.92 Å². The van der Waals surface area contributed by atoms with Crippen LogP contribution in [0.1, 0.15) is 24.8 Å². The van der Waals surface area contributed by atoms with Crippen LogP contribution in [0.5, 0.6) is 0 Å². The van der Waals surface area contributed by atoms with Crippen molar-refractivity contribution in [2.45, 2.75) is 31.4 Å². The van der Waals surface area contributed by atoms with E-state index in [1.165, 1.54) is 7.11 Å². The maximum absolute atomic E-state index is 12.0. The van der Waals surface area contributed by atoms with E-state index in [0.717, 1.165) is 18.4 Å². The maximum Gasteiger partial charge on any atom is 0.408 e. The molecule has 0 aromatic heterocycles. The summed E-state index contributed by atoms with van der Waals surface area (Å²) in [6.07, 6.45) is 0.978. The molecule has 2 N–H and O–H groups in total. The Morgan fingerprint density at radius 3 is 2.55 bits per heavy atom. The molecule has 1 unspecified atom stereocenters. The van der Waals surface area contributed by atoms with E-state index in [-0.39, 0.29) is 25.6 Å². The highest BCUT2D eigenvalue weighted by Gasteiger charge is 2.48. The molecule has 1 aliphatic carbocycles. The molecule has 6 heteroatoms. The van der Waals surface area contributed by atoms with Crippen LogP contribution >= 0.6 is 0 Å². The minimum absolute atomic E-state index is 0.118. The number of ether oxygens (including phenoxy) is 2. The van der Waals surface area contributed by atoms with Gasteiger partial charge in [0.1, 0.15) is 6.61 Å². The van der Waals surface area contributed by atoms with Gasteiger partial charge in [-0.05, 0) is 24.3 Å². The third-order valence-corrected chi connectivity index (χ3v) is 3.79. The predicted molar refractivity (Wildman–Crippen MR) is 79.3 cm³/mol. The summed E-state index contributed by atoms with van der Waals surface area (Å²) in [6, 6.07) is 9.32. The van der Waals surface area contributed by atoms with Crippen molar-refractivity contribution >= 4 is 12.1 Å². The van der Waals surface area contributed by atoms with E-state index in [9.17, 15) is 9.59 Å². The molecule has 1 atom stereocenters. The molecule has 1 aromatic carbocycles. The van der Waals surface area contributed by atoms with Crippen LogP contribution in [0.15, 0.2) is 30.3 Å². The zero-order valence-corrected chi connectivity index (χ0v) is 12.6. The zero-order chi connectivity index (χ0) is 16.0. The number of carbonyl (C=O) groups excluding carboxylic acids is 1. The largest absolute Gasteiger partial charge is 0.481 e. The number of carboxylic acids is 1. The summed E-state index contributed by atoms with van der Waals surface area (Å²) >= 11 is 0. The van der Waals surface area contributed by atoms with Crippen LogP contribution in [0.25, 0.3) is 0 Å². The van der Waals surface area contributed by atoms with Gasteiger partial charge in [-0.25, -0.2) is 4.79 Å². The number of aliphatic carboxylic acids is 1. The number of alkyl carbamates (subject to hydrolysis) is 1. The molecule has 1 amide bonds. The second kappa shape index (κ2) is 7.26. The van der Waals surface area contributed by atoms with Crippen molar-refractivity contribution in [3.05, 3.63) is 35.9 Å². The van der Waals surface area contributed by atoms with Gasteiger partial charge in [0.15, 0.2) is 0 Å². The van der Waals surface area contributed by atoms with Gasteiger partial charge in [0.2, 0.25) is 0 Å². The fraction of sp³-hybridized carbons (Fsp3) is 0.500. The van der Waals surface area contributed by atoms with E-state index in [4.69, 9.17) is 14.6 Å². The summed E-state index contributed by atoms with van der Waals surface area (Å²) in [7, 11) is 1.50. The van der Waals surface area contributed by atoms with E-state index in [2.05, 4.69) is 5.32 Å². The Morgan fingerprint density at radius 1 is 1.32 bits per heavy atom. The zero-order valence-electron chi connectivity index (χ0n) is 12.6. The maximum atomic E-state index is 12.0.